The fourth-order valence-corrected chi connectivity index (χ4v) is 6.71. The molecule has 10 nitrogen and oxygen atoms in total. The molecule has 2 aliphatic heterocycles. The van der Waals surface area contributed by atoms with Gasteiger partial charge in [-0.25, -0.2) is 4.79 Å². The second kappa shape index (κ2) is 8.21. The number of aliphatic carboxylic acids is 1. The normalized spacial score (nSPS) is 20.8. The minimum absolute atomic E-state index is 0.0263. The number of carboxylic acid groups (broad SMARTS) is 1. The van der Waals surface area contributed by atoms with Crippen molar-refractivity contribution in [3.8, 4) is 0 Å². The van der Waals surface area contributed by atoms with E-state index >= 15 is 0 Å². The van der Waals surface area contributed by atoms with Crippen LogP contribution in [-0.4, -0.2) is 70.7 Å². The predicted octanol–water partition coefficient (Wildman–Crippen LogP) is 1.38. The molecular weight excluding hydrogens is 472 g/mol. The van der Waals surface area contributed by atoms with Gasteiger partial charge < -0.3 is 10.4 Å². The fourth-order valence-electron chi connectivity index (χ4n) is 3.16. The van der Waals surface area contributed by atoms with Crippen LogP contribution in [0.5, 0.6) is 0 Å². The molecule has 0 bridgehead atoms. The van der Waals surface area contributed by atoms with Crippen LogP contribution in [0.4, 0.5) is 0 Å². The lowest BCUT2D eigenvalue weighted by molar-refractivity contribution is -0.148. The molecule has 1 saturated heterocycles. The third-order valence-electron chi connectivity index (χ3n) is 4.52. The number of aryl methyl sites for hydroxylation is 2. The van der Waals surface area contributed by atoms with Crippen molar-refractivity contribution in [1.82, 2.24) is 30.2 Å². The summed E-state index contributed by atoms with van der Waals surface area (Å²) in [6, 6.07) is -0.831. The van der Waals surface area contributed by atoms with Gasteiger partial charge in [0, 0.05) is 18.6 Å². The number of hydrogen-bond acceptors (Lipinski definition) is 9. The highest BCUT2D eigenvalue weighted by Crippen LogP contribution is 2.41. The summed E-state index contributed by atoms with van der Waals surface area (Å²) < 4.78 is 2.06. The maximum Gasteiger partial charge on any atom is 0.352 e. The molecule has 158 valence electrons. The van der Waals surface area contributed by atoms with E-state index in [2.05, 4.69) is 20.6 Å². The zero-order valence-electron chi connectivity index (χ0n) is 15.7. The van der Waals surface area contributed by atoms with Crippen LogP contribution in [0.2, 0.25) is 5.02 Å². The van der Waals surface area contributed by atoms with Gasteiger partial charge >= 0.3 is 5.97 Å². The number of amides is 2. The SMILES string of the molecule is Cc1nnc(SCC2=C(C(=O)O)N3C(=O)[C@@H](NC(=O)c4c(Cl)cnn4C)[C@@H]3SC2)s1. The van der Waals surface area contributed by atoms with Crippen LogP contribution in [0.25, 0.3) is 0 Å². The Kier molecular flexibility index (Phi) is 5.79. The number of rotatable bonds is 6. The predicted molar refractivity (Wildman–Crippen MR) is 113 cm³/mol. The summed E-state index contributed by atoms with van der Waals surface area (Å²) in [5, 5.41) is 24.8. The molecule has 0 aromatic carbocycles. The number of nitrogens with zero attached hydrogens (tertiary/aromatic N) is 5. The van der Waals surface area contributed by atoms with E-state index in [1.165, 1.54) is 50.6 Å². The van der Waals surface area contributed by atoms with Gasteiger partial charge in [0.15, 0.2) is 4.34 Å². The number of β-lactam (4-membered cyclic amide) rings is 1. The van der Waals surface area contributed by atoms with E-state index in [1.54, 1.807) is 7.05 Å². The second-order valence-corrected chi connectivity index (χ2v) is 10.4. The van der Waals surface area contributed by atoms with E-state index in [-0.39, 0.29) is 16.4 Å². The molecule has 2 aromatic heterocycles. The summed E-state index contributed by atoms with van der Waals surface area (Å²) in [5.74, 6) is -1.35. The Labute approximate surface area is 188 Å². The first-order valence-corrected chi connectivity index (χ1v) is 11.8. The lowest BCUT2D eigenvalue weighted by Crippen LogP contribution is -2.70. The van der Waals surface area contributed by atoms with Crippen molar-refractivity contribution in [2.75, 3.05) is 11.5 Å². The lowest BCUT2D eigenvalue weighted by Gasteiger charge is -2.49. The van der Waals surface area contributed by atoms with E-state index in [0.717, 1.165) is 9.35 Å². The number of carbonyl (C=O) groups is 3. The summed E-state index contributed by atoms with van der Waals surface area (Å²) in [6.07, 6.45) is 1.34. The first-order valence-electron chi connectivity index (χ1n) is 8.59. The number of halogens is 1. The van der Waals surface area contributed by atoms with Crippen LogP contribution < -0.4 is 5.32 Å². The Morgan fingerprint density at radius 2 is 2.20 bits per heavy atom. The van der Waals surface area contributed by atoms with E-state index in [9.17, 15) is 19.5 Å². The van der Waals surface area contributed by atoms with Crippen molar-refractivity contribution in [2.24, 2.45) is 7.05 Å². The first kappa shape index (κ1) is 21.2. The van der Waals surface area contributed by atoms with E-state index < -0.39 is 29.2 Å². The lowest BCUT2D eigenvalue weighted by atomic mass is 10.0. The highest BCUT2D eigenvalue weighted by molar-refractivity contribution is 8.01. The molecule has 0 aliphatic carbocycles. The Bertz CT molecular complexity index is 1060. The third-order valence-corrected chi connectivity index (χ3v) is 8.20. The van der Waals surface area contributed by atoms with Crippen LogP contribution in [0.3, 0.4) is 0 Å². The zero-order chi connectivity index (χ0) is 21.6. The van der Waals surface area contributed by atoms with Gasteiger partial charge in [0.25, 0.3) is 11.8 Å². The van der Waals surface area contributed by atoms with Crippen LogP contribution in [-0.2, 0) is 16.6 Å². The van der Waals surface area contributed by atoms with Crippen LogP contribution >= 0.6 is 46.5 Å². The van der Waals surface area contributed by atoms with Gasteiger partial charge in [-0.15, -0.1) is 22.0 Å². The second-order valence-electron chi connectivity index (χ2n) is 6.46. The fraction of sp³-hybridized carbons (Fsp3) is 0.375. The van der Waals surface area contributed by atoms with Crippen LogP contribution in [0, 0.1) is 6.92 Å². The molecule has 0 radical (unpaired) electrons. The molecule has 2 aromatic rings. The number of carbonyl (C=O) groups excluding carboxylic acids is 2. The van der Waals surface area contributed by atoms with Crippen molar-refractivity contribution in [2.45, 2.75) is 22.7 Å². The summed E-state index contributed by atoms with van der Waals surface area (Å²) >= 11 is 10.2. The standard InChI is InChI=1S/C16H15ClN6O4S3/c1-6-20-21-16(30-6)29-5-7-4-28-14-9(13(25)23(14)10(7)15(26)27)19-12(24)11-8(17)3-18-22(11)2/h3,9,14H,4-5H2,1-2H3,(H,19,24)(H,26,27)/t9-,14+/m1/s1. The quantitative estimate of drug-likeness (QED) is 0.459. The van der Waals surface area contributed by atoms with Crippen molar-refractivity contribution in [3.63, 3.8) is 0 Å². The maximum absolute atomic E-state index is 12.7. The van der Waals surface area contributed by atoms with Crippen molar-refractivity contribution >= 4 is 64.2 Å². The Hall–Kier alpha value is -2.09. The Morgan fingerprint density at radius 1 is 1.43 bits per heavy atom. The van der Waals surface area contributed by atoms with Gasteiger partial charge in [-0.1, -0.05) is 34.7 Å². The molecule has 4 heterocycles. The monoisotopic (exact) mass is 486 g/mol. The van der Waals surface area contributed by atoms with Crippen LogP contribution in [0.15, 0.2) is 21.8 Å². The topological polar surface area (TPSA) is 130 Å². The highest BCUT2D eigenvalue weighted by atomic mass is 35.5. The summed E-state index contributed by atoms with van der Waals surface area (Å²) in [5.41, 5.74) is 0.748. The number of nitrogens with one attached hydrogen (secondary N) is 1. The molecule has 0 unspecified atom stereocenters. The average molecular weight is 487 g/mol. The van der Waals surface area contributed by atoms with Gasteiger partial charge in [0.1, 0.15) is 27.8 Å². The molecule has 30 heavy (non-hydrogen) atoms. The zero-order valence-corrected chi connectivity index (χ0v) is 18.9. The molecular formula is C16H15ClN6O4S3. The number of hydrogen-bond donors (Lipinski definition) is 2. The van der Waals surface area contributed by atoms with Gasteiger partial charge in [-0.05, 0) is 12.5 Å². The number of aromatic nitrogens is 4. The number of thioether (sulfide) groups is 2. The number of carboxylic acids is 1. The summed E-state index contributed by atoms with van der Waals surface area (Å²) in [7, 11) is 1.57. The van der Waals surface area contributed by atoms with Crippen molar-refractivity contribution in [3.05, 3.63) is 33.2 Å². The van der Waals surface area contributed by atoms with Gasteiger partial charge in [0.05, 0.1) is 11.2 Å². The van der Waals surface area contributed by atoms with Gasteiger partial charge in [-0.2, -0.15) is 5.10 Å². The van der Waals surface area contributed by atoms with Gasteiger partial charge in [-0.3, -0.25) is 19.2 Å². The molecule has 2 N–H and O–H groups in total. The molecule has 0 spiro atoms. The third kappa shape index (κ3) is 3.70. The smallest absolute Gasteiger partial charge is 0.352 e. The van der Waals surface area contributed by atoms with E-state index in [1.807, 2.05) is 6.92 Å². The Morgan fingerprint density at radius 3 is 2.80 bits per heavy atom. The molecule has 2 amide bonds. The van der Waals surface area contributed by atoms with E-state index in [4.69, 9.17) is 11.6 Å². The number of fused-ring (bicyclic) bond motifs is 1. The maximum atomic E-state index is 12.7. The molecule has 2 aliphatic rings. The molecule has 1 fully saturated rings. The van der Waals surface area contributed by atoms with Crippen LogP contribution in [0.1, 0.15) is 15.5 Å². The highest BCUT2D eigenvalue weighted by Gasteiger charge is 2.54. The van der Waals surface area contributed by atoms with Crippen molar-refractivity contribution in [1.29, 1.82) is 0 Å². The molecule has 0 saturated carbocycles. The molecule has 2 atom stereocenters. The minimum atomic E-state index is -1.17. The first-order chi connectivity index (χ1) is 14.3. The van der Waals surface area contributed by atoms with E-state index in [0.29, 0.717) is 17.1 Å². The van der Waals surface area contributed by atoms with Crippen molar-refractivity contribution < 1.29 is 19.5 Å². The minimum Gasteiger partial charge on any atom is -0.477 e. The summed E-state index contributed by atoms with van der Waals surface area (Å²) in [6.45, 7) is 1.84. The summed E-state index contributed by atoms with van der Waals surface area (Å²) in [4.78, 5) is 38.4. The average Bonchev–Trinajstić information content (AvgIpc) is 3.27. The molecule has 14 heteroatoms. The largest absolute Gasteiger partial charge is 0.477 e. The molecule has 4 rings (SSSR count). The van der Waals surface area contributed by atoms with Gasteiger partial charge in [0.2, 0.25) is 0 Å². The Balaban J connectivity index is 1.50.